The molecule has 3 nitrogen and oxygen atoms in total. The summed E-state index contributed by atoms with van der Waals surface area (Å²) in [5.74, 6) is -1.25. The first-order chi connectivity index (χ1) is 7.52. The maximum absolute atomic E-state index is 12.6. The summed E-state index contributed by atoms with van der Waals surface area (Å²) >= 11 is 10.8. The molecule has 1 radical (unpaired) electrons. The van der Waals surface area contributed by atoms with E-state index in [0.29, 0.717) is 0 Å². The molecule has 0 amide bonds. The van der Waals surface area contributed by atoms with Gasteiger partial charge in [-0.2, -0.15) is 21.6 Å². The zero-order chi connectivity index (χ0) is 13.4. The summed E-state index contributed by atoms with van der Waals surface area (Å²) in [6, 6.07) is 1.93. The first-order valence-electron chi connectivity index (χ1n) is 4.01. The van der Waals surface area contributed by atoms with Crippen molar-refractivity contribution in [2.24, 2.45) is 0 Å². The Morgan fingerprint density at radius 2 is 1.61 bits per heavy atom. The normalized spacial score (nSPS) is 12.1. The van der Waals surface area contributed by atoms with Gasteiger partial charge >= 0.3 is 6.18 Å². The van der Waals surface area contributed by atoms with Crippen LogP contribution >= 0.6 is 23.2 Å². The minimum Gasteiger partial charge on any atom is -0.285 e. The Hall–Kier alpha value is 0.500. The fourth-order valence-corrected chi connectivity index (χ4v) is 2.48. The summed E-state index contributed by atoms with van der Waals surface area (Å²) in [6.45, 7) is 0. The molecular formula is C8H5Cl2F3NaO3S. The van der Waals surface area contributed by atoms with Gasteiger partial charge in [-0.05, 0) is 12.1 Å². The molecule has 10 heteroatoms. The molecule has 0 unspecified atom stereocenters. The van der Waals surface area contributed by atoms with Gasteiger partial charge in [-0.15, -0.1) is 0 Å². The molecule has 0 spiro atoms. The van der Waals surface area contributed by atoms with Crippen LogP contribution in [-0.2, 0) is 22.0 Å². The van der Waals surface area contributed by atoms with Crippen molar-refractivity contribution in [2.75, 3.05) is 0 Å². The smallest absolute Gasteiger partial charge is 0.285 e. The predicted octanol–water partition coefficient (Wildman–Crippen LogP) is 3.02. The van der Waals surface area contributed by atoms with Crippen molar-refractivity contribution in [3.05, 3.63) is 33.3 Å². The number of hydrogen-bond donors (Lipinski definition) is 1. The van der Waals surface area contributed by atoms with Gasteiger partial charge in [-0.25, -0.2) is 0 Å². The molecular weight excluding hydrogens is 327 g/mol. The van der Waals surface area contributed by atoms with E-state index in [0.717, 1.165) is 12.1 Å². The van der Waals surface area contributed by atoms with E-state index in [1.54, 1.807) is 0 Å². The molecule has 0 aliphatic heterocycles. The summed E-state index contributed by atoms with van der Waals surface area (Å²) < 4.78 is 67.8. The number of halogens is 5. The fourth-order valence-electron chi connectivity index (χ4n) is 1.22. The van der Waals surface area contributed by atoms with E-state index in [-0.39, 0.29) is 29.6 Å². The van der Waals surface area contributed by atoms with E-state index < -0.39 is 43.2 Å². The Balaban J connectivity index is 0.00000289. The molecule has 0 aliphatic carbocycles. The second-order valence-corrected chi connectivity index (χ2v) is 5.37. The van der Waals surface area contributed by atoms with E-state index >= 15 is 0 Å². The van der Waals surface area contributed by atoms with Gasteiger partial charge in [0.25, 0.3) is 10.1 Å². The van der Waals surface area contributed by atoms with Crippen LogP contribution in [0.3, 0.4) is 0 Å². The van der Waals surface area contributed by atoms with Crippen LogP contribution in [-0.4, -0.2) is 42.5 Å². The molecule has 0 aromatic heterocycles. The van der Waals surface area contributed by atoms with Crippen LogP contribution < -0.4 is 0 Å². The molecule has 1 N–H and O–H groups in total. The van der Waals surface area contributed by atoms with Crippen molar-refractivity contribution in [1.82, 2.24) is 0 Å². The predicted molar refractivity (Wildman–Crippen MR) is 62.5 cm³/mol. The summed E-state index contributed by atoms with van der Waals surface area (Å²) in [5, 5.41) is -1.11. The Kier molecular flexibility index (Phi) is 6.47. The third-order valence-corrected chi connectivity index (χ3v) is 3.14. The maximum Gasteiger partial charge on any atom is 0.418 e. The van der Waals surface area contributed by atoms with Gasteiger partial charge in [0.15, 0.2) is 0 Å². The molecule has 97 valence electrons. The largest absolute Gasteiger partial charge is 0.418 e. The monoisotopic (exact) mass is 331 g/mol. The van der Waals surface area contributed by atoms with Crippen LogP contribution in [0.2, 0.25) is 10.0 Å². The van der Waals surface area contributed by atoms with Crippen LogP contribution in [0.4, 0.5) is 13.2 Å². The van der Waals surface area contributed by atoms with E-state index in [2.05, 4.69) is 0 Å². The average Bonchev–Trinajstić information content (AvgIpc) is 2.06. The van der Waals surface area contributed by atoms with Crippen molar-refractivity contribution in [1.29, 1.82) is 0 Å². The number of hydrogen-bond acceptors (Lipinski definition) is 2. The van der Waals surface area contributed by atoms with Gasteiger partial charge in [-0.3, -0.25) is 4.55 Å². The number of benzene rings is 1. The van der Waals surface area contributed by atoms with Crippen LogP contribution in [0.25, 0.3) is 0 Å². The molecule has 0 bridgehead atoms. The topological polar surface area (TPSA) is 54.4 Å². The molecule has 0 fully saturated rings. The van der Waals surface area contributed by atoms with Gasteiger partial charge < -0.3 is 0 Å². The average molecular weight is 332 g/mol. The van der Waals surface area contributed by atoms with Crippen molar-refractivity contribution in [3.63, 3.8) is 0 Å². The molecule has 0 saturated carbocycles. The van der Waals surface area contributed by atoms with Crippen LogP contribution in [0, 0.1) is 0 Å². The molecule has 1 rings (SSSR count). The Morgan fingerprint density at radius 1 is 1.17 bits per heavy atom. The molecule has 0 heterocycles. The van der Waals surface area contributed by atoms with E-state index in [4.69, 9.17) is 27.8 Å². The zero-order valence-electron chi connectivity index (χ0n) is 8.92. The maximum atomic E-state index is 12.6. The van der Waals surface area contributed by atoms with Gasteiger partial charge in [-0.1, -0.05) is 23.2 Å². The van der Waals surface area contributed by atoms with Crippen molar-refractivity contribution in [2.45, 2.75) is 11.9 Å². The van der Waals surface area contributed by atoms with Gasteiger partial charge in [0.2, 0.25) is 0 Å². The first kappa shape index (κ1) is 18.5. The molecule has 0 aliphatic rings. The molecule has 18 heavy (non-hydrogen) atoms. The minimum absolute atomic E-state index is 0. The zero-order valence-corrected chi connectivity index (χ0v) is 13.3. The van der Waals surface area contributed by atoms with Gasteiger partial charge in [0, 0.05) is 40.1 Å². The first-order valence-corrected chi connectivity index (χ1v) is 6.38. The van der Waals surface area contributed by atoms with E-state index in [1.807, 2.05) is 0 Å². The summed E-state index contributed by atoms with van der Waals surface area (Å²) in [4.78, 5) is 0. The number of rotatable bonds is 2. The summed E-state index contributed by atoms with van der Waals surface area (Å²) in [6.07, 6.45) is -4.86. The van der Waals surface area contributed by atoms with Crippen LogP contribution in [0.1, 0.15) is 11.1 Å². The standard InChI is InChI=1S/C8H5Cl2F3O3S.Na/c9-5-1-2-6(10)7(8(11,12)13)4(5)3-17(14,15)16;/h1-2H,3H2,(H,14,15,16);. The van der Waals surface area contributed by atoms with Crippen molar-refractivity contribution in [3.8, 4) is 0 Å². The second-order valence-electron chi connectivity index (χ2n) is 3.11. The van der Waals surface area contributed by atoms with Crippen molar-refractivity contribution < 1.29 is 26.1 Å². The third kappa shape index (κ3) is 4.88. The third-order valence-electron chi connectivity index (χ3n) is 1.82. The fraction of sp³-hybridized carbons (Fsp3) is 0.250. The molecule has 0 atom stereocenters. The van der Waals surface area contributed by atoms with E-state index in [1.165, 1.54) is 0 Å². The Bertz CT molecular complexity index is 545. The SMILES string of the molecule is O=S(=O)(O)Cc1c(Cl)ccc(Cl)c1C(F)(F)F.[Na]. The Morgan fingerprint density at radius 3 is 2.00 bits per heavy atom. The summed E-state index contributed by atoms with van der Waals surface area (Å²) in [7, 11) is -4.64. The molecule has 1 aromatic rings. The van der Waals surface area contributed by atoms with Gasteiger partial charge in [0.1, 0.15) is 5.75 Å². The second kappa shape index (κ2) is 6.30. The van der Waals surface area contributed by atoms with Crippen LogP contribution in [0.5, 0.6) is 0 Å². The molecule has 0 saturated heterocycles. The summed E-state index contributed by atoms with van der Waals surface area (Å²) in [5.41, 5.74) is -2.13. The van der Waals surface area contributed by atoms with E-state index in [9.17, 15) is 21.6 Å². The quantitative estimate of drug-likeness (QED) is 0.669. The number of alkyl halides is 3. The van der Waals surface area contributed by atoms with Gasteiger partial charge in [0.05, 0.1) is 10.6 Å². The molecule has 1 aromatic carbocycles. The minimum atomic E-state index is -4.86. The Labute approximate surface area is 133 Å². The van der Waals surface area contributed by atoms with Crippen LogP contribution in [0.15, 0.2) is 12.1 Å². The van der Waals surface area contributed by atoms with Crippen molar-refractivity contribution >= 4 is 62.9 Å².